The lowest BCUT2D eigenvalue weighted by atomic mass is 9.87. The van der Waals surface area contributed by atoms with E-state index in [4.69, 9.17) is 4.74 Å². The Morgan fingerprint density at radius 1 is 1.00 bits per heavy atom. The van der Waals surface area contributed by atoms with Gasteiger partial charge in [-0.1, -0.05) is 50.3 Å². The molecule has 1 N–H and O–H groups in total. The van der Waals surface area contributed by atoms with E-state index in [1.165, 1.54) is 17.3 Å². The molecule has 1 aromatic heterocycles. The Hall–Kier alpha value is -3.13. The fourth-order valence-electron chi connectivity index (χ4n) is 3.16. The fraction of sp³-hybridized carbons (Fsp3) is 0.385. The zero-order valence-corrected chi connectivity index (χ0v) is 21.1. The first-order chi connectivity index (χ1) is 15.9. The van der Waals surface area contributed by atoms with E-state index in [1.807, 2.05) is 6.20 Å². The first-order valence-electron chi connectivity index (χ1n) is 11.1. The Balaban J connectivity index is 1.48. The van der Waals surface area contributed by atoms with Gasteiger partial charge in [0.1, 0.15) is 4.75 Å². The van der Waals surface area contributed by atoms with Crippen LogP contribution in [0.15, 0.2) is 59.6 Å². The number of thioether (sulfide) groups is 1. The van der Waals surface area contributed by atoms with Crippen LogP contribution in [0.5, 0.6) is 0 Å². The number of carboxylic acid groups (broad SMARTS) is 1. The Bertz CT molecular complexity index is 1130. The Kier molecular flexibility index (Phi) is 7.82. The minimum Gasteiger partial charge on any atom is -0.480 e. The van der Waals surface area contributed by atoms with Crippen molar-refractivity contribution in [3.63, 3.8) is 0 Å². The van der Waals surface area contributed by atoms with Crippen LogP contribution >= 0.6 is 11.8 Å². The van der Waals surface area contributed by atoms with E-state index >= 15 is 0 Å². The number of nitrogens with zero attached hydrogens (tertiary/aromatic N) is 3. The molecule has 0 fully saturated rings. The van der Waals surface area contributed by atoms with Crippen molar-refractivity contribution in [2.75, 3.05) is 6.61 Å². The summed E-state index contributed by atoms with van der Waals surface area (Å²) in [5, 5.41) is 17.6. The minimum absolute atomic E-state index is 0.120. The van der Waals surface area contributed by atoms with Gasteiger partial charge in [0.25, 0.3) is 0 Å². The number of carboxylic acids is 1. The van der Waals surface area contributed by atoms with E-state index in [0.29, 0.717) is 18.5 Å². The lowest BCUT2D eigenvalue weighted by molar-refractivity contribution is -0.138. The zero-order chi connectivity index (χ0) is 24.9. The van der Waals surface area contributed by atoms with Gasteiger partial charge in [-0.2, -0.15) is 0 Å². The van der Waals surface area contributed by atoms with E-state index in [-0.39, 0.29) is 12.0 Å². The summed E-state index contributed by atoms with van der Waals surface area (Å²) < 4.78 is 6.19. The molecule has 34 heavy (non-hydrogen) atoms. The predicted octanol–water partition coefficient (Wildman–Crippen LogP) is 4.98. The molecule has 2 aromatic carbocycles. The molecule has 0 radical (unpaired) electrons. The molecule has 0 aliphatic heterocycles. The summed E-state index contributed by atoms with van der Waals surface area (Å²) in [7, 11) is 0. The monoisotopic (exact) mass is 481 g/mol. The van der Waals surface area contributed by atoms with Crippen LogP contribution in [0, 0.1) is 0 Å². The third kappa shape index (κ3) is 6.93. The predicted molar refractivity (Wildman–Crippen MR) is 132 cm³/mol. The molecule has 7 nitrogen and oxygen atoms in total. The molecule has 0 saturated heterocycles. The molecule has 0 atom stereocenters. The van der Waals surface area contributed by atoms with E-state index in [1.54, 1.807) is 42.8 Å². The normalized spacial score (nSPS) is 11.9. The summed E-state index contributed by atoms with van der Waals surface area (Å²) in [6.45, 7) is 10.7. The number of benzene rings is 2. The molecule has 0 spiro atoms. The number of aliphatic carboxylic acids is 1. The lowest BCUT2D eigenvalue weighted by Crippen LogP contribution is -2.26. The molecular weight excluding hydrogens is 450 g/mol. The fourth-order valence-corrected chi connectivity index (χ4v) is 4.11. The topological polar surface area (TPSA) is 94.3 Å². The summed E-state index contributed by atoms with van der Waals surface area (Å²) in [5.74, 6) is -1.32. The second-order valence-electron chi connectivity index (χ2n) is 9.68. The number of carbonyl (C=O) groups is 2. The highest BCUT2D eigenvalue weighted by Crippen LogP contribution is 2.32. The molecule has 1 heterocycles. The first kappa shape index (κ1) is 25.5. The number of ether oxygens (including phenoxy) is 1. The van der Waals surface area contributed by atoms with Gasteiger partial charge < -0.3 is 9.84 Å². The second kappa shape index (κ2) is 10.4. The maximum atomic E-state index is 12.3. The largest absolute Gasteiger partial charge is 0.480 e. The SMILES string of the molecule is CC(C)(Sc1ccc(C(=O)OCCc2cn(Cc3ccc(C(C)(C)C)cc3)nn2)cc1)C(=O)O. The van der Waals surface area contributed by atoms with Crippen LogP contribution in [0.2, 0.25) is 0 Å². The van der Waals surface area contributed by atoms with Gasteiger partial charge in [0.2, 0.25) is 0 Å². The van der Waals surface area contributed by atoms with Gasteiger partial charge in [0.05, 0.1) is 24.4 Å². The number of hydrogen-bond acceptors (Lipinski definition) is 6. The smallest absolute Gasteiger partial charge is 0.338 e. The molecular formula is C26H31N3O4S. The Morgan fingerprint density at radius 2 is 1.65 bits per heavy atom. The molecule has 0 amide bonds. The van der Waals surface area contributed by atoms with Crippen molar-refractivity contribution in [3.8, 4) is 0 Å². The van der Waals surface area contributed by atoms with Crippen LogP contribution in [-0.4, -0.2) is 43.4 Å². The highest BCUT2D eigenvalue weighted by atomic mass is 32.2. The highest BCUT2D eigenvalue weighted by molar-refractivity contribution is 8.01. The average Bonchev–Trinajstić information content (AvgIpc) is 3.20. The van der Waals surface area contributed by atoms with E-state index in [9.17, 15) is 14.7 Å². The van der Waals surface area contributed by atoms with E-state index in [0.717, 1.165) is 16.2 Å². The molecule has 0 aliphatic rings. The minimum atomic E-state index is -0.949. The molecule has 3 aromatic rings. The zero-order valence-electron chi connectivity index (χ0n) is 20.2. The van der Waals surface area contributed by atoms with Crippen LogP contribution in [0.4, 0.5) is 0 Å². The van der Waals surface area contributed by atoms with E-state index < -0.39 is 16.7 Å². The average molecular weight is 482 g/mol. The van der Waals surface area contributed by atoms with Crippen LogP contribution < -0.4 is 0 Å². The van der Waals surface area contributed by atoms with E-state index in [2.05, 4.69) is 55.3 Å². The van der Waals surface area contributed by atoms with Crippen molar-refractivity contribution in [1.29, 1.82) is 0 Å². The van der Waals surface area contributed by atoms with Crippen molar-refractivity contribution < 1.29 is 19.4 Å². The van der Waals surface area contributed by atoms with Gasteiger partial charge in [0, 0.05) is 17.5 Å². The Morgan fingerprint density at radius 3 is 2.24 bits per heavy atom. The number of rotatable bonds is 9. The second-order valence-corrected chi connectivity index (χ2v) is 11.4. The standard InChI is InChI=1S/C26H31N3O4S/c1-25(2,3)20-10-6-18(7-11-20)16-29-17-21(27-28-29)14-15-33-23(30)19-8-12-22(13-9-19)34-26(4,5)24(31)32/h6-13,17H,14-16H2,1-5H3,(H,31,32). The maximum absolute atomic E-state index is 12.3. The first-order valence-corrected chi connectivity index (χ1v) is 11.9. The van der Waals surface area contributed by atoms with Crippen molar-refractivity contribution in [2.24, 2.45) is 0 Å². The summed E-state index contributed by atoms with van der Waals surface area (Å²) in [4.78, 5) is 24.4. The maximum Gasteiger partial charge on any atom is 0.338 e. The molecule has 8 heteroatoms. The van der Waals surface area contributed by atoms with Crippen LogP contribution in [0.1, 0.15) is 61.8 Å². The van der Waals surface area contributed by atoms with Gasteiger partial charge >= 0.3 is 11.9 Å². The molecule has 0 bridgehead atoms. The summed E-state index contributed by atoms with van der Waals surface area (Å²) in [6, 6.07) is 15.2. The van der Waals surface area contributed by atoms with Gasteiger partial charge in [-0.25, -0.2) is 9.48 Å². The quantitative estimate of drug-likeness (QED) is 0.340. The molecule has 0 unspecified atom stereocenters. The summed E-state index contributed by atoms with van der Waals surface area (Å²) in [6.07, 6.45) is 2.33. The third-order valence-electron chi connectivity index (χ3n) is 5.32. The molecule has 0 aliphatic carbocycles. The Labute approximate surface area is 204 Å². The molecule has 3 rings (SSSR count). The number of aromatic nitrogens is 3. The van der Waals surface area contributed by atoms with Gasteiger partial charge in [-0.3, -0.25) is 4.79 Å². The lowest BCUT2D eigenvalue weighted by Gasteiger charge is -2.19. The number of esters is 1. The van der Waals surface area contributed by atoms with Crippen LogP contribution in [-0.2, 0) is 27.9 Å². The van der Waals surface area contributed by atoms with Crippen molar-refractivity contribution in [3.05, 3.63) is 77.1 Å². The van der Waals surface area contributed by atoms with Crippen molar-refractivity contribution >= 4 is 23.7 Å². The third-order valence-corrected chi connectivity index (χ3v) is 6.51. The number of carbonyl (C=O) groups excluding carboxylic acids is 1. The van der Waals surface area contributed by atoms with Crippen LogP contribution in [0.3, 0.4) is 0 Å². The highest BCUT2D eigenvalue weighted by Gasteiger charge is 2.28. The van der Waals surface area contributed by atoms with Crippen molar-refractivity contribution in [1.82, 2.24) is 15.0 Å². The van der Waals surface area contributed by atoms with Gasteiger partial charge in [0.15, 0.2) is 0 Å². The van der Waals surface area contributed by atoms with Gasteiger partial charge in [-0.05, 0) is 54.7 Å². The summed E-state index contributed by atoms with van der Waals surface area (Å²) in [5.41, 5.74) is 3.72. The number of hydrogen-bond donors (Lipinski definition) is 1. The molecule has 180 valence electrons. The van der Waals surface area contributed by atoms with Gasteiger partial charge in [-0.15, -0.1) is 16.9 Å². The molecule has 0 saturated carbocycles. The van der Waals surface area contributed by atoms with Crippen molar-refractivity contribution in [2.45, 2.75) is 62.6 Å². The van der Waals surface area contributed by atoms with Crippen LogP contribution in [0.25, 0.3) is 0 Å². The summed E-state index contributed by atoms with van der Waals surface area (Å²) >= 11 is 1.22.